The Morgan fingerprint density at radius 2 is 1.85 bits per heavy atom. The smallest absolute Gasteiger partial charge is 0.304 e. The minimum atomic E-state index is -3.64. The molecule has 0 bridgehead atoms. The molecular weight excluding hydrogens is 564 g/mol. The van der Waals surface area contributed by atoms with E-state index in [1.165, 1.54) is 12.1 Å². The molecule has 0 radical (unpaired) electrons. The van der Waals surface area contributed by atoms with Crippen molar-refractivity contribution in [1.82, 2.24) is 4.90 Å². The van der Waals surface area contributed by atoms with Gasteiger partial charge in [0.05, 0.1) is 28.0 Å². The highest BCUT2D eigenvalue weighted by atomic mass is 35.5. The fourth-order valence-electron chi connectivity index (χ4n) is 5.61. The molecule has 0 spiro atoms. The highest BCUT2D eigenvalue weighted by molar-refractivity contribution is 7.92. The van der Waals surface area contributed by atoms with Gasteiger partial charge in [0.1, 0.15) is 5.82 Å². The van der Waals surface area contributed by atoms with Crippen LogP contribution in [0.3, 0.4) is 0 Å². The number of sulfone groups is 1. The van der Waals surface area contributed by atoms with Gasteiger partial charge in [-0.1, -0.05) is 41.4 Å². The summed E-state index contributed by atoms with van der Waals surface area (Å²) in [6.07, 6.45) is 1.86. The molecule has 2 fully saturated rings. The summed E-state index contributed by atoms with van der Waals surface area (Å²) in [4.78, 5) is 27.5. The SMILES string of the molecule is CC(C)(C)S(=O)(=O)CC(C1CC1)N1C(=O)[C@@H](CC(=O)O)C[C@H](Cc2cccc(Cl)c2)[C@H]1c1ccc(Cl)c(F)c1. The Kier molecular flexibility index (Phi) is 8.70. The monoisotopic (exact) mass is 597 g/mol. The summed E-state index contributed by atoms with van der Waals surface area (Å²) >= 11 is 12.2. The van der Waals surface area contributed by atoms with Crippen LogP contribution in [-0.2, 0) is 25.8 Å². The first kappa shape index (κ1) is 29.8. The lowest BCUT2D eigenvalue weighted by Crippen LogP contribution is -2.56. The van der Waals surface area contributed by atoms with Crippen molar-refractivity contribution < 1.29 is 27.5 Å². The Labute approximate surface area is 239 Å². The first-order valence-electron chi connectivity index (χ1n) is 13.1. The topological polar surface area (TPSA) is 91.8 Å². The number of aliphatic carboxylic acids is 1. The van der Waals surface area contributed by atoms with E-state index in [0.29, 0.717) is 17.0 Å². The summed E-state index contributed by atoms with van der Waals surface area (Å²) in [5, 5.41) is 10.1. The average Bonchev–Trinajstić information content (AvgIpc) is 3.66. The number of likely N-dealkylation sites (tertiary alicyclic amines) is 1. The van der Waals surface area contributed by atoms with Gasteiger partial charge in [-0.25, -0.2) is 12.8 Å². The minimum absolute atomic E-state index is 0.0406. The zero-order valence-corrected chi connectivity index (χ0v) is 24.6. The van der Waals surface area contributed by atoms with Crippen LogP contribution in [0.1, 0.15) is 63.6 Å². The molecule has 1 amide bonds. The van der Waals surface area contributed by atoms with E-state index < -0.39 is 50.3 Å². The van der Waals surface area contributed by atoms with Crippen molar-refractivity contribution in [2.75, 3.05) is 5.75 Å². The molecule has 1 heterocycles. The van der Waals surface area contributed by atoms with Crippen LogP contribution >= 0.6 is 23.2 Å². The van der Waals surface area contributed by atoms with Crippen LogP contribution in [0.15, 0.2) is 42.5 Å². The zero-order valence-electron chi connectivity index (χ0n) is 22.2. The molecule has 6 nitrogen and oxygen atoms in total. The van der Waals surface area contributed by atoms with Gasteiger partial charge in [-0.05, 0) is 93.7 Å². The number of nitrogens with zero attached hydrogens (tertiary/aromatic N) is 1. The maximum absolute atomic E-state index is 14.8. The average molecular weight is 599 g/mol. The van der Waals surface area contributed by atoms with Crippen molar-refractivity contribution in [2.45, 2.75) is 69.7 Å². The molecule has 4 rings (SSSR count). The summed E-state index contributed by atoms with van der Waals surface area (Å²) in [6.45, 7) is 4.89. The standard InChI is InChI=1S/C29H34Cl2FNO5S/c1-29(2,3)39(37,38)16-25(18-7-8-18)33-27(19-9-10-23(31)24(32)14-19)20(11-17-5-4-6-22(30)12-17)13-21(28(33)36)15-26(34)35/h4-6,9-10,12,14,18,20-21,25,27H,7-8,11,13,15-16H2,1-3H3,(H,34,35)/t20-,21+,25?,27+/m0/s1. The molecule has 212 valence electrons. The van der Waals surface area contributed by atoms with E-state index in [9.17, 15) is 27.5 Å². The van der Waals surface area contributed by atoms with Gasteiger partial charge in [-0.2, -0.15) is 0 Å². The third kappa shape index (κ3) is 6.77. The van der Waals surface area contributed by atoms with Gasteiger partial charge in [-0.3, -0.25) is 9.59 Å². The third-order valence-corrected chi connectivity index (χ3v) is 11.1. The first-order valence-corrected chi connectivity index (χ1v) is 15.5. The summed E-state index contributed by atoms with van der Waals surface area (Å²) in [6, 6.07) is 10.4. The molecule has 1 saturated carbocycles. The van der Waals surface area contributed by atoms with E-state index in [1.807, 2.05) is 18.2 Å². The first-order chi connectivity index (χ1) is 18.2. The van der Waals surface area contributed by atoms with Gasteiger partial charge < -0.3 is 10.0 Å². The van der Waals surface area contributed by atoms with Gasteiger partial charge >= 0.3 is 5.97 Å². The van der Waals surface area contributed by atoms with Crippen LogP contribution in [0.4, 0.5) is 4.39 Å². The molecule has 2 aromatic rings. The number of benzene rings is 2. The number of carbonyl (C=O) groups excluding carboxylic acids is 1. The van der Waals surface area contributed by atoms with Crippen molar-refractivity contribution in [2.24, 2.45) is 17.8 Å². The summed E-state index contributed by atoms with van der Waals surface area (Å²) in [5.74, 6) is -3.58. The van der Waals surface area contributed by atoms with E-state index >= 15 is 0 Å². The van der Waals surface area contributed by atoms with Gasteiger partial charge in [0.25, 0.3) is 0 Å². The summed E-state index contributed by atoms with van der Waals surface area (Å²) in [5.41, 5.74) is 1.39. The molecule has 1 unspecified atom stereocenters. The summed E-state index contributed by atoms with van der Waals surface area (Å²) < 4.78 is 40.6. The van der Waals surface area contributed by atoms with Crippen LogP contribution in [0.5, 0.6) is 0 Å². The van der Waals surface area contributed by atoms with Crippen LogP contribution in [0, 0.1) is 23.6 Å². The Morgan fingerprint density at radius 1 is 1.15 bits per heavy atom. The van der Waals surface area contributed by atoms with E-state index in [1.54, 1.807) is 37.8 Å². The maximum Gasteiger partial charge on any atom is 0.304 e. The Morgan fingerprint density at radius 3 is 2.41 bits per heavy atom. The van der Waals surface area contributed by atoms with Gasteiger partial charge in [-0.15, -0.1) is 0 Å². The second kappa shape index (κ2) is 11.4. The van der Waals surface area contributed by atoms with E-state index in [2.05, 4.69) is 0 Å². The fourth-order valence-corrected chi connectivity index (χ4v) is 7.32. The van der Waals surface area contributed by atoms with Crippen LogP contribution in [0.2, 0.25) is 10.0 Å². The number of hydrogen-bond donors (Lipinski definition) is 1. The molecule has 1 saturated heterocycles. The van der Waals surface area contributed by atoms with Crippen LogP contribution in [-0.4, -0.2) is 46.8 Å². The quantitative estimate of drug-likeness (QED) is 0.364. The number of carboxylic acid groups (broad SMARTS) is 1. The molecule has 4 atom stereocenters. The molecule has 0 aromatic heterocycles. The second-order valence-corrected chi connectivity index (χ2v) is 15.4. The lowest BCUT2D eigenvalue weighted by Gasteiger charge is -2.49. The zero-order chi connectivity index (χ0) is 28.7. The number of carbonyl (C=O) groups is 2. The number of hydrogen-bond acceptors (Lipinski definition) is 4. The number of carboxylic acids is 1. The van der Waals surface area contributed by atoms with Crippen LogP contribution < -0.4 is 0 Å². The molecule has 2 aromatic carbocycles. The Balaban J connectivity index is 1.87. The second-order valence-electron chi connectivity index (χ2n) is 11.8. The number of piperidine rings is 1. The van der Waals surface area contributed by atoms with Crippen molar-refractivity contribution in [3.05, 3.63) is 69.5 Å². The Hall–Kier alpha value is -2.16. The van der Waals surface area contributed by atoms with Gasteiger partial charge in [0.15, 0.2) is 9.84 Å². The van der Waals surface area contributed by atoms with Crippen molar-refractivity contribution >= 4 is 44.9 Å². The maximum atomic E-state index is 14.8. The minimum Gasteiger partial charge on any atom is -0.481 e. The molecule has 39 heavy (non-hydrogen) atoms. The Bertz CT molecular complexity index is 1360. The lowest BCUT2D eigenvalue weighted by atomic mass is 9.74. The highest BCUT2D eigenvalue weighted by Crippen LogP contribution is 2.48. The molecule has 2 aliphatic rings. The lowest BCUT2D eigenvalue weighted by molar-refractivity contribution is -0.154. The largest absolute Gasteiger partial charge is 0.481 e. The van der Waals surface area contributed by atoms with Gasteiger partial charge in [0.2, 0.25) is 5.91 Å². The van der Waals surface area contributed by atoms with E-state index in [4.69, 9.17) is 23.2 Å². The molecule has 1 N–H and O–H groups in total. The van der Waals surface area contributed by atoms with E-state index in [-0.39, 0.29) is 35.5 Å². The number of amides is 1. The van der Waals surface area contributed by atoms with Crippen molar-refractivity contribution in [1.29, 1.82) is 0 Å². The normalized spacial score (nSPS) is 23.1. The predicted molar refractivity (Wildman–Crippen MR) is 150 cm³/mol. The summed E-state index contributed by atoms with van der Waals surface area (Å²) in [7, 11) is -3.64. The molecular formula is C29H34Cl2FNO5S. The van der Waals surface area contributed by atoms with Crippen molar-refractivity contribution in [3.63, 3.8) is 0 Å². The highest BCUT2D eigenvalue weighted by Gasteiger charge is 2.51. The number of rotatable bonds is 9. The molecule has 1 aliphatic heterocycles. The number of halogens is 3. The fraction of sp³-hybridized carbons (Fsp3) is 0.517. The third-order valence-electron chi connectivity index (χ3n) is 7.88. The van der Waals surface area contributed by atoms with Crippen molar-refractivity contribution in [3.8, 4) is 0 Å². The molecule has 10 heteroatoms. The van der Waals surface area contributed by atoms with Gasteiger partial charge in [0, 0.05) is 17.0 Å². The van der Waals surface area contributed by atoms with E-state index in [0.717, 1.165) is 18.4 Å². The van der Waals surface area contributed by atoms with Crippen LogP contribution in [0.25, 0.3) is 0 Å². The molecule has 1 aliphatic carbocycles. The predicted octanol–water partition coefficient (Wildman–Crippen LogP) is 6.35.